The number of benzene rings is 1. The highest BCUT2D eigenvalue weighted by Gasteiger charge is 2.22. The second-order valence-corrected chi connectivity index (χ2v) is 8.74. The number of carbonyl (C=O) groups is 3. The van der Waals surface area contributed by atoms with Crippen LogP contribution in [0.2, 0.25) is 5.02 Å². The van der Waals surface area contributed by atoms with Crippen molar-refractivity contribution in [3.8, 4) is 0 Å². The minimum Gasteiger partial charge on any atom is -0.350 e. The molecule has 0 unspecified atom stereocenters. The highest BCUT2D eigenvalue weighted by Crippen LogP contribution is 2.25. The van der Waals surface area contributed by atoms with Crippen molar-refractivity contribution in [2.45, 2.75) is 19.3 Å². The van der Waals surface area contributed by atoms with Gasteiger partial charge in [0.15, 0.2) is 6.29 Å². The van der Waals surface area contributed by atoms with E-state index in [-0.39, 0.29) is 0 Å². The number of hydrogen-bond donors (Lipinski definition) is 0. The fourth-order valence-electron chi connectivity index (χ4n) is 4.36. The predicted molar refractivity (Wildman–Crippen MR) is 136 cm³/mol. The molecule has 1 aliphatic rings. The molecule has 34 heavy (non-hydrogen) atoms. The monoisotopic (exact) mass is 485 g/mol. The summed E-state index contributed by atoms with van der Waals surface area (Å²) in [6.07, 6.45) is 9.47. The molecule has 0 aliphatic carbocycles. The topological polar surface area (TPSA) is 88.4 Å². The normalized spacial score (nSPS) is 13.7. The third-order valence-corrected chi connectivity index (χ3v) is 6.29. The maximum Gasteiger partial charge on any atom is 0.225 e. The first kappa shape index (κ1) is 27.1. The Kier molecular flexibility index (Phi) is 10.8. The standard InChI is InChI=1S/C23H28ClN5O.2CH2O/c1-27(8-7-19-15-28(2)22-4-3-20(24)11-21(19)22)14-17-5-9-29(10-6-17)23-25-12-18(16-30)13-26-23;2*1-2/h3-4,11-13,15-17H,5-10,14H2,1-2H3;2*1H2. The van der Waals surface area contributed by atoms with E-state index in [0.717, 1.165) is 62.7 Å². The van der Waals surface area contributed by atoms with Gasteiger partial charge in [0.2, 0.25) is 5.95 Å². The molecule has 1 aliphatic heterocycles. The minimum absolute atomic E-state index is 0.517. The quantitative estimate of drug-likeness (QED) is 0.473. The number of nitrogens with zero attached hydrogens (tertiary/aromatic N) is 5. The van der Waals surface area contributed by atoms with Crippen LogP contribution in [-0.2, 0) is 23.1 Å². The zero-order chi connectivity index (χ0) is 25.1. The molecule has 9 heteroatoms. The molecular formula is C25H32ClN5O3. The molecule has 0 N–H and O–H groups in total. The minimum atomic E-state index is 0.517. The first-order chi connectivity index (χ1) is 16.5. The smallest absolute Gasteiger partial charge is 0.225 e. The molecule has 0 amide bonds. The predicted octanol–water partition coefficient (Wildman–Crippen LogP) is 3.46. The van der Waals surface area contributed by atoms with Crippen molar-refractivity contribution in [2.75, 3.05) is 38.1 Å². The molecular weight excluding hydrogens is 454 g/mol. The van der Waals surface area contributed by atoms with Gasteiger partial charge in [-0.15, -0.1) is 0 Å². The Bertz CT molecular complexity index is 1050. The van der Waals surface area contributed by atoms with Crippen molar-refractivity contribution >= 4 is 48.3 Å². The van der Waals surface area contributed by atoms with E-state index < -0.39 is 0 Å². The van der Waals surface area contributed by atoms with Crippen molar-refractivity contribution < 1.29 is 14.4 Å². The number of aldehydes is 1. The molecule has 1 aromatic carbocycles. The first-order valence-electron chi connectivity index (χ1n) is 11.1. The van der Waals surface area contributed by atoms with Crippen LogP contribution in [0.3, 0.4) is 0 Å². The number of likely N-dealkylation sites (N-methyl/N-ethyl adjacent to an activating group) is 1. The maximum atomic E-state index is 10.8. The number of aromatic nitrogens is 3. The van der Waals surface area contributed by atoms with Gasteiger partial charge in [-0.25, -0.2) is 9.97 Å². The highest BCUT2D eigenvalue weighted by molar-refractivity contribution is 6.31. The van der Waals surface area contributed by atoms with Crippen LogP contribution in [0.1, 0.15) is 28.8 Å². The average Bonchev–Trinajstić information content (AvgIpc) is 3.20. The second-order valence-electron chi connectivity index (χ2n) is 8.30. The molecule has 0 saturated carbocycles. The van der Waals surface area contributed by atoms with Crippen molar-refractivity contribution in [1.82, 2.24) is 19.4 Å². The fraction of sp³-hybridized carbons (Fsp3) is 0.400. The molecule has 0 bridgehead atoms. The van der Waals surface area contributed by atoms with Crippen LogP contribution in [-0.4, -0.2) is 72.5 Å². The number of halogens is 1. The summed E-state index contributed by atoms with van der Waals surface area (Å²) in [4.78, 5) is 40.0. The van der Waals surface area contributed by atoms with Gasteiger partial charge in [0.1, 0.15) is 13.6 Å². The van der Waals surface area contributed by atoms with Gasteiger partial charge in [0.25, 0.3) is 0 Å². The Hall–Kier alpha value is -3.10. The summed E-state index contributed by atoms with van der Waals surface area (Å²) in [6, 6.07) is 6.12. The lowest BCUT2D eigenvalue weighted by Crippen LogP contribution is -2.39. The maximum absolute atomic E-state index is 10.8. The van der Waals surface area contributed by atoms with E-state index in [1.54, 1.807) is 12.4 Å². The van der Waals surface area contributed by atoms with Gasteiger partial charge >= 0.3 is 0 Å². The number of carbonyl (C=O) groups excluding carboxylic acids is 3. The molecule has 8 nitrogen and oxygen atoms in total. The molecule has 0 atom stereocenters. The number of fused-ring (bicyclic) bond motifs is 1. The number of hydrogen-bond acceptors (Lipinski definition) is 7. The fourth-order valence-corrected chi connectivity index (χ4v) is 4.53. The van der Waals surface area contributed by atoms with Gasteiger partial charge in [-0.3, -0.25) is 4.79 Å². The van der Waals surface area contributed by atoms with Crippen LogP contribution < -0.4 is 4.90 Å². The Morgan fingerprint density at radius 3 is 2.41 bits per heavy atom. The van der Waals surface area contributed by atoms with Gasteiger partial charge in [-0.05, 0) is 56.0 Å². The summed E-state index contributed by atoms with van der Waals surface area (Å²) in [7, 11) is 4.30. The number of anilines is 1. The SMILES string of the molecule is C=O.C=O.CN(CCc1cn(C)c2ccc(Cl)cc12)CC1CCN(c2ncc(C=O)cn2)CC1. The van der Waals surface area contributed by atoms with E-state index >= 15 is 0 Å². The summed E-state index contributed by atoms with van der Waals surface area (Å²) in [5.74, 6) is 1.41. The van der Waals surface area contributed by atoms with Crippen molar-refractivity contribution in [3.05, 3.63) is 52.9 Å². The molecule has 1 saturated heterocycles. The molecule has 182 valence electrons. The van der Waals surface area contributed by atoms with Gasteiger partial charge in [0.05, 0.1) is 5.56 Å². The number of aryl methyl sites for hydroxylation is 1. The third-order valence-electron chi connectivity index (χ3n) is 6.06. The summed E-state index contributed by atoms with van der Waals surface area (Å²) < 4.78 is 2.18. The summed E-state index contributed by atoms with van der Waals surface area (Å²) >= 11 is 6.21. The average molecular weight is 486 g/mol. The van der Waals surface area contributed by atoms with Gasteiger partial charge in [0, 0.05) is 67.7 Å². The van der Waals surface area contributed by atoms with Crippen LogP contribution in [0.25, 0.3) is 10.9 Å². The van der Waals surface area contributed by atoms with Crippen molar-refractivity contribution in [2.24, 2.45) is 13.0 Å². The lowest BCUT2D eigenvalue weighted by Gasteiger charge is -2.33. The molecule has 0 spiro atoms. The lowest BCUT2D eigenvalue weighted by atomic mass is 9.96. The third kappa shape index (κ3) is 6.95. The largest absolute Gasteiger partial charge is 0.350 e. The first-order valence-corrected chi connectivity index (χ1v) is 11.4. The molecule has 3 aromatic rings. The summed E-state index contributed by atoms with van der Waals surface area (Å²) in [5.41, 5.74) is 3.10. The van der Waals surface area contributed by atoms with E-state index in [0.29, 0.717) is 11.5 Å². The van der Waals surface area contributed by atoms with Crippen LogP contribution in [0, 0.1) is 5.92 Å². The Labute approximate surface area is 205 Å². The molecule has 3 heterocycles. The van der Waals surface area contributed by atoms with Crippen molar-refractivity contribution in [3.63, 3.8) is 0 Å². The van der Waals surface area contributed by atoms with Crippen LogP contribution in [0.4, 0.5) is 5.95 Å². The molecule has 0 radical (unpaired) electrons. The van der Waals surface area contributed by atoms with Gasteiger partial charge in [-0.2, -0.15) is 0 Å². The summed E-state index contributed by atoms with van der Waals surface area (Å²) in [6.45, 7) is 8.05. The summed E-state index contributed by atoms with van der Waals surface area (Å²) in [5, 5.41) is 2.05. The number of piperidine rings is 1. The molecule has 1 fully saturated rings. The zero-order valence-corrected chi connectivity index (χ0v) is 20.6. The zero-order valence-electron chi connectivity index (χ0n) is 19.8. The Balaban J connectivity index is 0.000000970. The van der Waals surface area contributed by atoms with E-state index in [1.807, 2.05) is 19.6 Å². The van der Waals surface area contributed by atoms with Gasteiger partial charge in [-0.1, -0.05) is 11.6 Å². The van der Waals surface area contributed by atoms with Crippen LogP contribution in [0.15, 0.2) is 36.8 Å². The highest BCUT2D eigenvalue weighted by atomic mass is 35.5. The van der Waals surface area contributed by atoms with Crippen molar-refractivity contribution in [1.29, 1.82) is 0 Å². The molecule has 2 aromatic heterocycles. The Morgan fingerprint density at radius 2 is 1.79 bits per heavy atom. The molecule has 4 rings (SSSR count). The van der Waals surface area contributed by atoms with Crippen LogP contribution in [0.5, 0.6) is 0 Å². The lowest BCUT2D eigenvalue weighted by molar-refractivity contribution is -0.0987. The van der Waals surface area contributed by atoms with E-state index in [4.69, 9.17) is 21.2 Å². The van der Waals surface area contributed by atoms with E-state index in [2.05, 4.69) is 56.8 Å². The van der Waals surface area contributed by atoms with E-state index in [9.17, 15) is 4.79 Å². The van der Waals surface area contributed by atoms with Gasteiger partial charge < -0.3 is 24.0 Å². The van der Waals surface area contributed by atoms with E-state index in [1.165, 1.54) is 16.5 Å². The number of rotatable bonds is 7. The second kappa shape index (κ2) is 13.6. The Morgan fingerprint density at radius 1 is 1.15 bits per heavy atom. The van der Waals surface area contributed by atoms with Crippen LogP contribution >= 0.6 is 11.6 Å².